The third kappa shape index (κ3) is 4.64. The van der Waals surface area contributed by atoms with Crippen LogP contribution in [0.1, 0.15) is 29.5 Å². The monoisotopic (exact) mass is 475 g/mol. The molecule has 1 atom stereocenters. The molecule has 5 nitrogen and oxygen atoms in total. The minimum absolute atomic E-state index is 0.0767. The molecule has 0 saturated carbocycles. The van der Waals surface area contributed by atoms with Crippen LogP contribution in [-0.4, -0.2) is 18.5 Å². The molecule has 0 radical (unpaired) electrons. The van der Waals surface area contributed by atoms with Crippen molar-refractivity contribution in [3.8, 4) is 5.75 Å². The van der Waals surface area contributed by atoms with Crippen molar-refractivity contribution in [2.24, 2.45) is 0 Å². The first-order valence-corrected chi connectivity index (χ1v) is 11.9. The van der Waals surface area contributed by atoms with Gasteiger partial charge < -0.3 is 9.47 Å². The van der Waals surface area contributed by atoms with E-state index in [1.165, 1.54) is 6.08 Å². The van der Waals surface area contributed by atoms with Crippen LogP contribution in [0.4, 0.5) is 0 Å². The highest BCUT2D eigenvalue weighted by atomic mass is 16.5. The minimum atomic E-state index is -0.535. The number of nitrogens with one attached hydrogen (secondary N) is 1. The highest BCUT2D eigenvalue weighted by molar-refractivity contribution is 5.99. The van der Waals surface area contributed by atoms with Gasteiger partial charge in [0, 0.05) is 11.6 Å². The molecule has 1 N–H and O–H groups in total. The number of fused-ring (bicyclic) bond motifs is 3. The number of benzene rings is 4. The summed E-state index contributed by atoms with van der Waals surface area (Å²) in [4.78, 5) is 26.3. The van der Waals surface area contributed by atoms with Crippen LogP contribution in [0.3, 0.4) is 0 Å². The van der Waals surface area contributed by atoms with Gasteiger partial charge in [0.2, 0.25) is 5.88 Å². The Hall–Kier alpha value is -4.64. The second-order valence-electron chi connectivity index (χ2n) is 8.34. The molecular weight excluding hydrogens is 450 g/mol. The molecule has 0 bridgehead atoms. The Morgan fingerprint density at radius 3 is 2.33 bits per heavy atom. The first-order valence-electron chi connectivity index (χ1n) is 11.9. The van der Waals surface area contributed by atoms with Crippen molar-refractivity contribution in [3.63, 3.8) is 0 Å². The molecule has 5 heteroatoms. The predicted molar refractivity (Wildman–Crippen MR) is 140 cm³/mol. The molecule has 0 saturated heterocycles. The van der Waals surface area contributed by atoms with Crippen LogP contribution in [0.25, 0.3) is 16.8 Å². The Bertz CT molecular complexity index is 1470. The van der Waals surface area contributed by atoms with Crippen LogP contribution in [0.15, 0.2) is 115 Å². The van der Waals surface area contributed by atoms with Gasteiger partial charge in [0.05, 0.1) is 12.5 Å². The van der Waals surface area contributed by atoms with Crippen molar-refractivity contribution >= 4 is 28.7 Å². The lowest BCUT2D eigenvalue weighted by atomic mass is 9.80. The zero-order chi connectivity index (χ0) is 24.9. The standard InChI is InChI=1S/C31H25NO4/c1-2-35-31(34)29-27(23-14-7-4-8-15-23)28-24-16-10-9-13-22(24)18-19-25(28)36-30(29)32-26(33)20-17-21-11-5-3-6-12-21/h3-20,27H,2H2,1H3,(H,32,33)/b20-17+. The molecule has 1 unspecified atom stereocenters. The molecule has 1 amide bonds. The van der Waals surface area contributed by atoms with Gasteiger partial charge in [-0.2, -0.15) is 0 Å². The van der Waals surface area contributed by atoms with E-state index in [2.05, 4.69) is 5.32 Å². The molecular formula is C31H25NO4. The Labute approximate surface area is 209 Å². The van der Waals surface area contributed by atoms with Crippen LogP contribution in [0.5, 0.6) is 5.75 Å². The van der Waals surface area contributed by atoms with Crippen molar-refractivity contribution in [1.82, 2.24) is 5.32 Å². The summed E-state index contributed by atoms with van der Waals surface area (Å²) in [6.07, 6.45) is 3.13. The molecule has 4 aromatic carbocycles. The van der Waals surface area contributed by atoms with Gasteiger partial charge in [-0.1, -0.05) is 91.0 Å². The Balaban J connectivity index is 1.64. The SMILES string of the molecule is CCOC(=O)C1=C(NC(=O)/C=C/c2ccccc2)Oc2ccc3ccccc3c2C1c1ccccc1. The summed E-state index contributed by atoms with van der Waals surface area (Å²) >= 11 is 0. The fraction of sp³-hybridized carbons (Fsp3) is 0.0968. The van der Waals surface area contributed by atoms with Gasteiger partial charge in [-0.05, 0) is 41.0 Å². The van der Waals surface area contributed by atoms with Gasteiger partial charge in [-0.3, -0.25) is 10.1 Å². The van der Waals surface area contributed by atoms with E-state index in [9.17, 15) is 9.59 Å². The van der Waals surface area contributed by atoms with Crippen LogP contribution < -0.4 is 10.1 Å². The van der Waals surface area contributed by atoms with Gasteiger partial charge in [0.15, 0.2) is 0 Å². The third-order valence-electron chi connectivity index (χ3n) is 6.06. The van der Waals surface area contributed by atoms with E-state index in [1.807, 2.05) is 97.1 Å². The maximum absolute atomic E-state index is 13.4. The topological polar surface area (TPSA) is 64.6 Å². The third-order valence-corrected chi connectivity index (χ3v) is 6.06. The normalized spacial score (nSPS) is 14.9. The van der Waals surface area contributed by atoms with Crippen LogP contribution in [-0.2, 0) is 14.3 Å². The van der Waals surface area contributed by atoms with Crippen molar-refractivity contribution in [2.45, 2.75) is 12.8 Å². The molecule has 0 spiro atoms. The smallest absolute Gasteiger partial charge is 0.340 e. The lowest BCUT2D eigenvalue weighted by Gasteiger charge is -2.31. The van der Waals surface area contributed by atoms with E-state index < -0.39 is 17.8 Å². The minimum Gasteiger partial charge on any atom is -0.462 e. The molecule has 36 heavy (non-hydrogen) atoms. The highest BCUT2D eigenvalue weighted by Crippen LogP contribution is 2.46. The number of esters is 1. The number of carbonyl (C=O) groups is 2. The number of ether oxygens (including phenoxy) is 2. The Kier molecular flexibility index (Phi) is 6.63. The molecule has 0 aromatic heterocycles. The van der Waals surface area contributed by atoms with Gasteiger partial charge in [0.25, 0.3) is 5.91 Å². The second kappa shape index (κ2) is 10.3. The lowest BCUT2D eigenvalue weighted by Crippen LogP contribution is -2.33. The number of rotatable bonds is 6. The maximum Gasteiger partial charge on any atom is 0.340 e. The largest absolute Gasteiger partial charge is 0.462 e. The van der Waals surface area contributed by atoms with Crippen molar-refractivity contribution in [2.75, 3.05) is 6.61 Å². The summed E-state index contributed by atoms with van der Waals surface area (Å²) < 4.78 is 11.7. The average Bonchev–Trinajstić information content (AvgIpc) is 2.92. The molecule has 1 aliphatic heterocycles. The fourth-order valence-corrected chi connectivity index (χ4v) is 4.48. The fourth-order valence-electron chi connectivity index (χ4n) is 4.48. The number of hydrogen-bond donors (Lipinski definition) is 1. The first-order chi connectivity index (χ1) is 17.7. The molecule has 178 valence electrons. The first kappa shape index (κ1) is 23.1. The van der Waals surface area contributed by atoms with Crippen molar-refractivity contribution in [3.05, 3.63) is 131 Å². The molecule has 0 fully saturated rings. The van der Waals surface area contributed by atoms with Gasteiger partial charge in [0.1, 0.15) is 11.3 Å². The van der Waals surface area contributed by atoms with E-state index in [0.717, 1.165) is 27.5 Å². The van der Waals surface area contributed by atoms with E-state index in [0.29, 0.717) is 5.75 Å². The van der Waals surface area contributed by atoms with Crippen LogP contribution in [0, 0.1) is 0 Å². The van der Waals surface area contributed by atoms with Gasteiger partial charge in [-0.25, -0.2) is 4.79 Å². The summed E-state index contributed by atoms with van der Waals surface area (Å²) in [6, 6.07) is 31.1. The molecule has 5 rings (SSSR count). The summed E-state index contributed by atoms with van der Waals surface area (Å²) in [5, 5.41) is 4.80. The van der Waals surface area contributed by atoms with E-state index in [-0.39, 0.29) is 18.1 Å². The van der Waals surface area contributed by atoms with Crippen molar-refractivity contribution in [1.29, 1.82) is 0 Å². The second-order valence-corrected chi connectivity index (χ2v) is 8.34. The number of hydrogen-bond acceptors (Lipinski definition) is 4. The summed E-state index contributed by atoms with van der Waals surface area (Å²) in [5.41, 5.74) is 2.90. The lowest BCUT2D eigenvalue weighted by molar-refractivity contribution is -0.139. The van der Waals surface area contributed by atoms with Crippen LogP contribution >= 0.6 is 0 Å². The van der Waals surface area contributed by atoms with E-state index in [4.69, 9.17) is 9.47 Å². The number of amides is 1. The molecule has 0 aliphatic carbocycles. The van der Waals surface area contributed by atoms with Gasteiger partial charge >= 0.3 is 5.97 Å². The van der Waals surface area contributed by atoms with Crippen LogP contribution in [0.2, 0.25) is 0 Å². The Morgan fingerprint density at radius 2 is 1.58 bits per heavy atom. The van der Waals surface area contributed by atoms with E-state index in [1.54, 1.807) is 13.0 Å². The zero-order valence-electron chi connectivity index (χ0n) is 19.8. The number of carbonyl (C=O) groups excluding carboxylic acids is 2. The Morgan fingerprint density at radius 1 is 0.889 bits per heavy atom. The molecule has 1 heterocycles. The zero-order valence-corrected chi connectivity index (χ0v) is 19.8. The summed E-state index contributed by atoms with van der Waals surface area (Å²) in [7, 11) is 0. The predicted octanol–water partition coefficient (Wildman–Crippen LogP) is 5.97. The average molecular weight is 476 g/mol. The molecule has 1 aliphatic rings. The maximum atomic E-state index is 13.4. The molecule has 4 aromatic rings. The quantitative estimate of drug-likeness (QED) is 0.276. The van der Waals surface area contributed by atoms with E-state index >= 15 is 0 Å². The summed E-state index contributed by atoms with van der Waals surface area (Å²) in [6.45, 7) is 1.95. The van der Waals surface area contributed by atoms with Crippen molar-refractivity contribution < 1.29 is 19.1 Å². The van der Waals surface area contributed by atoms with Gasteiger partial charge in [-0.15, -0.1) is 0 Å². The summed E-state index contributed by atoms with van der Waals surface area (Å²) in [5.74, 6) is -0.779. The highest BCUT2D eigenvalue weighted by Gasteiger charge is 2.38.